The molecule has 0 bridgehead atoms. The summed E-state index contributed by atoms with van der Waals surface area (Å²) in [7, 11) is 0. The van der Waals surface area contributed by atoms with Crippen LogP contribution in [0.3, 0.4) is 0 Å². The maximum absolute atomic E-state index is 13.6. The number of nitrogens with one attached hydrogen (secondary N) is 1. The molecule has 3 aromatic rings. The van der Waals surface area contributed by atoms with Crippen LogP contribution in [0.15, 0.2) is 60.8 Å². The van der Waals surface area contributed by atoms with Crippen LogP contribution >= 0.6 is 0 Å². The summed E-state index contributed by atoms with van der Waals surface area (Å²) in [4.78, 5) is 16.3. The lowest BCUT2D eigenvalue weighted by molar-refractivity contribution is -0.117. The standard InChI is InChI=1S/C23H19F3N2O2/c1-14-6-8-19(13-27-14)30-18-5-3-4-16(10-18)15(2)28-23(29)9-7-17-11-21(25)22(26)12-20(17)24/h3-13,15H,1-2H3,(H,28,29). The molecule has 0 aliphatic heterocycles. The number of rotatable bonds is 6. The van der Waals surface area contributed by atoms with Crippen LogP contribution in [0.2, 0.25) is 0 Å². The highest BCUT2D eigenvalue weighted by atomic mass is 19.2. The molecule has 2 aromatic carbocycles. The average Bonchev–Trinajstić information content (AvgIpc) is 2.71. The van der Waals surface area contributed by atoms with Gasteiger partial charge in [-0.1, -0.05) is 12.1 Å². The van der Waals surface area contributed by atoms with Crippen LogP contribution in [0.4, 0.5) is 13.2 Å². The summed E-state index contributed by atoms with van der Waals surface area (Å²) in [6.07, 6.45) is 3.77. The molecule has 0 aliphatic rings. The number of pyridine rings is 1. The zero-order valence-corrected chi connectivity index (χ0v) is 16.3. The lowest BCUT2D eigenvalue weighted by Gasteiger charge is -2.14. The largest absolute Gasteiger partial charge is 0.456 e. The van der Waals surface area contributed by atoms with Crippen molar-refractivity contribution in [2.24, 2.45) is 0 Å². The molecular formula is C23H19F3N2O2. The quantitative estimate of drug-likeness (QED) is 0.430. The fourth-order valence-corrected chi connectivity index (χ4v) is 2.67. The number of hydrogen-bond donors (Lipinski definition) is 1. The van der Waals surface area contributed by atoms with Gasteiger partial charge in [-0.3, -0.25) is 9.78 Å². The van der Waals surface area contributed by atoms with E-state index in [9.17, 15) is 18.0 Å². The molecule has 4 nitrogen and oxygen atoms in total. The Kier molecular flexibility index (Phi) is 6.51. The minimum atomic E-state index is -1.29. The van der Waals surface area contributed by atoms with Crippen molar-refractivity contribution in [2.45, 2.75) is 19.9 Å². The predicted molar refractivity (Wildman–Crippen MR) is 107 cm³/mol. The SMILES string of the molecule is Cc1ccc(Oc2cccc(C(C)NC(=O)C=Cc3cc(F)c(F)cc3F)c2)cn1. The summed E-state index contributed by atoms with van der Waals surface area (Å²) < 4.78 is 45.6. The minimum absolute atomic E-state index is 0.223. The van der Waals surface area contributed by atoms with Gasteiger partial charge in [0.05, 0.1) is 12.2 Å². The molecule has 1 amide bonds. The maximum Gasteiger partial charge on any atom is 0.244 e. The van der Waals surface area contributed by atoms with Crippen molar-refractivity contribution in [3.63, 3.8) is 0 Å². The Morgan fingerprint density at radius 3 is 2.53 bits per heavy atom. The summed E-state index contributed by atoms with van der Waals surface area (Å²) in [5.41, 5.74) is 1.44. The average molecular weight is 412 g/mol. The molecule has 0 saturated heterocycles. The van der Waals surface area contributed by atoms with Crippen LogP contribution in [0, 0.1) is 24.4 Å². The van der Waals surface area contributed by atoms with Crippen LogP contribution in [-0.4, -0.2) is 10.9 Å². The Labute approximate surface area is 172 Å². The van der Waals surface area contributed by atoms with Gasteiger partial charge < -0.3 is 10.1 Å². The van der Waals surface area contributed by atoms with E-state index in [1.807, 2.05) is 25.1 Å². The summed E-state index contributed by atoms with van der Waals surface area (Å²) in [6.45, 7) is 3.65. The highest BCUT2D eigenvalue weighted by Crippen LogP contribution is 2.24. The van der Waals surface area contributed by atoms with Gasteiger partial charge in [-0.25, -0.2) is 13.2 Å². The van der Waals surface area contributed by atoms with Crippen molar-refractivity contribution < 1.29 is 22.7 Å². The van der Waals surface area contributed by atoms with Crippen LogP contribution in [0.5, 0.6) is 11.5 Å². The number of carbonyl (C=O) groups excluding carboxylic acids is 1. The molecule has 0 saturated carbocycles. The van der Waals surface area contributed by atoms with Crippen molar-refractivity contribution >= 4 is 12.0 Å². The van der Waals surface area contributed by atoms with Gasteiger partial charge in [0.25, 0.3) is 0 Å². The lowest BCUT2D eigenvalue weighted by Crippen LogP contribution is -2.24. The highest BCUT2D eigenvalue weighted by Gasteiger charge is 2.11. The Morgan fingerprint density at radius 1 is 1.03 bits per heavy atom. The number of ether oxygens (including phenoxy) is 1. The Balaban J connectivity index is 1.65. The molecule has 3 rings (SSSR count). The number of carbonyl (C=O) groups is 1. The Hall–Kier alpha value is -3.61. The number of amides is 1. The van der Waals surface area contributed by atoms with Crippen molar-refractivity contribution in [3.8, 4) is 11.5 Å². The Morgan fingerprint density at radius 2 is 1.80 bits per heavy atom. The lowest BCUT2D eigenvalue weighted by atomic mass is 10.1. The van der Waals surface area contributed by atoms with Crippen LogP contribution in [-0.2, 0) is 4.79 Å². The van der Waals surface area contributed by atoms with E-state index < -0.39 is 23.4 Å². The number of nitrogens with zero attached hydrogens (tertiary/aromatic N) is 1. The molecule has 0 fully saturated rings. The molecule has 1 heterocycles. The smallest absolute Gasteiger partial charge is 0.244 e. The second kappa shape index (κ2) is 9.26. The van der Waals surface area contributed by atoms with Gasteiger partial charge in [-0.05, 0) is 55.8 Å². The van der Waals surface area contributed by atoms with Crippen molar-refractivity contribution in [1.82, 2.24) is 10.3 Å². The first-order valence-corrected chi connectivity index (χ1v) is 9.15. The molecular weight excluding hydrogens is 393 g/mol. The first-order valence-electron chi connectivity index (χ1n) is 9.15. The summed E-state index contributed by atoms with van der Waals surface area (Å²) in [5, 5.41) is 2.73. The van der Waals surface area contributed by atoms with Crippen LogP contribution in [0.25, 0.3) is 6.08 Å². The molecule has 0 spiro atoms. The first-order chi connectivity index (χ1) is 14.3. The van der Waals surface area contributed by atoms with Gasteiger partial charge in [-0.2, -0.15) is 0 Å². The van der Waals surface area contributed by atoms with Gasteiger partial charge in [0.15, 0.2) is 11.6 Å². The molecule has 7 heteroatoms. The van der Waals surface area contributed by atoms with Gasteiger partial charge >= 0.3 is 0 Å². The van der Waals surface area contributed by atoms with Gasteiger partial charge in [-0.15, -0.1) is 0 Å². The molecule has 1 atom stereocenters. The number of aryl methyl sites for hydroxylation is 1. The van der Waals surface area contributed by atoms with E-state index in [0.717, 1.165) is 23.4 Å². The van der Waals surface area contributed by atoms with E-state index in [2.05, 4.69) is 10.3 Å². The molecule has 154 valence electrons. The minimum Gasteiger partial charge on any atom is -0.456 e. The van der Waals surface area contributed by atoms with E-state index in [-0.39, 0.29) is 11.6 Å². The fourth-order valence-electron chi connectivity index (χ4n) is 2.67. The maximum atomic E-state index is 13.6. The molecule has 1 unspecified atom stereocenters. The van der Waals surface area contributed by atoms with E-state index in [0.29, 0.717) is 23.6 Å². The van der Waals surface area contributed by atoms with Crippen molar-refractivity contribution in [3.05, 3.63) is 95.1 Å². The third-order valence-corrected chi connectivity index (χ3v) is 4.29. The summed E-state index contributed by atoms with van der Waals surface area (Å²) in [5.74, 6) is -2.77. The Bertz CT molecular complexity index is 1080. The summed E-state index contributed by atoms with van der Waals surface area (Å²) >= 11 is 0. The third-order valence-electron chi connectivity index (χ3n) is 4.29. The zero-order chi connectivity index (χ0) is 21.7. The van der Waals surface area contributed by atoms with Gasteiger partial charge in [0, 0.05) is 23.4 Å². The highest BCUT2D eigenvalue weighted by molar-refractivity contribution is 5.92. The molecule has 1 N–H and O–H groups in total. The van der Waals surface area contributed by atoms with E-state index in [4.69, 9.17) is 4.74 Å². The number of benzene rings is 2. The topological polar surface area (TPSA) is 51.2 Å². The van der Waals surface area contributed by atoms with Gasteiger partial charge in [0.1, 0.15) is 17.3 Å². The second-order valence-electron chi connectivity index (χ2n) is 6.66. The number of halogens is 3. The predicted octanol–water partition coefficient (Wildman–Crippen LogP) is 5.49. The van der Waals surface area contributed by atoms with Crippen molar-refractivity contribution in [1.29, 1.82) is 0 Å². The fraction of sp³-hybridized carbons (Fsp3) is 0.130. The monoisotopic (exact) mass is 412 g/mol. The second-order valence-corrected chi connectivity index (χ2v) is 6.66. The molecule has 0 aliphatic carbocycles. The van der Waals surface area contributed by atoms with Crippen LogP contribution in [0.1, 0.15) is 29.8 Å². The van der Waals surface area contributed by atoms with Crippen molar-refractivity contribution in [2.75, 3.05) is 0 Å². The van der Waals surface area contributed by atoms with E-state index in [1.165, 1.54) is 0 Å². The first kappa shape index (κ1) is 21.1. The number of hydrogen-bond acceptors (Lipinski definition) is 3. The molecule has 30 heavy (non-hydrogen) atoms. The number of aromatic nitrogens is 1. The molecule has 1 aromatic heterocycles. The normalized spacial score (nSPS) is 12.0. The van der Waals surface area contributed by atoms with E-state index in [1.54, 1.807) is 31.3 Å². The summed E-state index contributed by atoms with van der Waals surface area (Å²) in [6, 6.07) is 11.6. The molecule has 0 radical (unpaired) electrons. The van der Waals surface area contributed by atoms with E-state index >= 15 is 0 Å². The zero-order valence-electron chi connectivity index (χ0n) is 16.3. The third kappa shape index (κ3) is 5.47. The van der Waals surface area contributed by atoms with Crippen LogP contribution < -0.4 is 10.1 Å². The van der Waals surface area contributed by atoms with Gasteiger partial charge in [0.2, 0.25) is 5.91 Å².